The Morgan fingerprint density at radius 1 is 0.846 bits per heavy atom. The van der Waals surface area contributed by atoms with Crippen molar-refractivity contribution in [3.8, 4) is 0 Å². The number of allylic oxidation sites excluding steroid dienone is 3. The molecule has 0 saturated heterocycles. The van der Waals surface area contributed by atoms with Crippen molar-refractivity contribution in [1.82, 2.24) is 0 Å². The quantitative estimate of drug-likeness (QED) is 0.425. The van der Waals surface area contributed by atoms with Gasteiger partial charge in [0.2, 0.25) is 0 Å². The zero-order valence-electron chi connectivity index (χ0n) is 25.4. The Bertz CT molecular complexity index is 1180. The van der Waals surface area contributed by atoms with Crippen LogP contribution in [0.1, 0.15) is 111 Å². The Morgan fingerprint density at radius 3 is 2.31 bits per heavy atom. The maximum atomic E-state index is 14.4. The Hall–Kier alpha value is -1.67. The van der Waals surface area contributed by atoms with E-state index in [0.29, 0.717) is 29.0 Å². The van der Waals surface area contributed by atoms with Gasteiger partial charge in [-0.3, -0.25) is 4.79 Å². The number of carbonyl (C=O) groups excluding carboxylic acids is 1. The molecule has 5 aliphatic rings. The van der Waals surface area contributed by atoms with Crippen LogP contribution in [0.5, 0.6) is 0 Å². The Labute approximate surface area is 237 Å². The summed E-state index contributed by atoms with van der Waals surface area (Å²) in [5.41, 5.74) is 3.33. The van der Waals surface area contributed by atoms with Gasteiger partial charge in [-0.1, -0.05) is 89.6 Å². The summed E-state index contributed by atoms with van der Waals surface area (Å²) in [7, 11) is 0. The minimum atomic E-state index is -0.254. The van der Waals surface area contributed by atoms with Gasteiger partial charge in [-0.2, -0.15) is 0 Å². The lowest BCUT2D eigenvalue weighted by molar-refractivity contribution is -0.188. The van der Waals surface area contributed by atoms with Crippen LogP contribution in [-0.2, 0) is 4.79 Å². The number of benzene rings is 1. The molecule has 2 unspecified atom stereocenters. The first-order chi connectivity index (χ1) is 18.3. The van der Waals surface area contributed by atoms with Crippen molar-refractivity contribution in [3.05, 3.63) is 53.6 Å². The molecule has 1 aromatic rings. The fourth-order valence-electron chi connectivity index (χ4n) is 11.2. The molecule has 0 bridgehead atoms. The first kappa shape index (κ1) is 27.5. The van der Waals surface area contributed by atoms with Gasteiger partial charge >= 0.3 is 0 Å². The molecule has 39 heavy (non-hydrogen) atoms. The van der Waals surface area contributed by atoms with Crippen LogP contribution in [0.25, 0.3) is 6.08 Å². The van der Waals surface area contributed by atoms with Gasteiger partial charge in [-0.15, -0.1) is 0 Å². The standard InChI is InChI=1S/C37H52O2/c1-33(2)30-15-19-36(5)27-14-18-35(4)22-21-34(3,17-10-13-25-11-8-7-9-12-25)24-28(35)26(27)23-29(38)32(36)37(30,6)20-16-31(33)39/h7-13,23,27-28,30-32,39H,14-22,24H2,1-6H3/t27?,28-,30-,31-,32-,34?,35-,36-,37-/m0/s1. The topological polar surface area (TPSA) is 37.3 Å². The number of rotatable bonds is 3. The van der Waals surface area contributed by atoms with Gasteiger partial charge in [0, 0.05) is 5.92 Å². The number of hydrogen-bond donors (Lipinski definition) is 1. The van der Waals surface area contributed by atoms with Gasteiger partial charge in [-0.05, 0) is 121 Å². The highest BCUT2D eigenvalue weighted by molar-refractivity contribution is 5.95. The average Bonchev–Trinajstić information content (AvgIpc) is 2.87. The van der Waals surface area contributed by atoms with E-state index in [-0.39, 0.29) is 33.7 Å². The van der Waals surface area contributed by atoms with E-state index in [0.717, 1.165) is 32.1 Å². The van der Waals surface area contributed by atoms with Crippen LogP contribution < -0.4 is 0 Å². The van der Waals surface area contributed by atoms with Crippen molar-refractivity contribution in [3.63, 3.8) is 0 Å². The highest BCUT2D eigenvalue weighted by atomic mass is 16.3. The minimum Gasteiger partial charge on any atom is -0.393 e. The summed E-state index contributed by atoms with van der Waals surface area (Å²) in [6.45, 7) is 14.5. The third-order valence-electron chi connectivity index (χ3n) is 13.6. The van der Waals surface area contributed by atoms with E-state index in [1.54, 1.807) is 0 Å². The molecule has 6 rings (SSSR count). The molecule has 2 nitrogen and oxygen atoms in total. The van der Waals surface area contributed by atoms with Crippen molar-refractivity contribution in [1.29, 1.82) is 0 Å². The fourth-order valence-corrected chi connectivity index (χ4v) is 11.2. The van der Waals surface area contributed by atoms with Crippen LogP contribution in [0.15, 0.2) is 48.1 Å². The van der Waals surface area contributed by atoms with E-state index in [1.807, 2.05) is 0 Å². The van der Waals surface area contributed by atoms with Crippen molar-refractivity contribution in [2.45, 2.75) is 112 Å². The van der Waals surface area contributed by atoms with Gasteiger partial charge in [0.25, 0.3) is 0 Å². The molecule has 0 heterocycles. The second-order valence-corrected chi connectivity index (χ2v) is 16.3. The van der Waals surface area contributed by atoms with Crippen LogP contribution >= 0.6 is 0 Å². The lowest BCUT2D eigenvalue weighted by Gasteiger charge is -2.67. The maximum Gasteiger partial charge on any atom is 0.159 e. The highest BCUT2D eigenvalue weighted by Gasteiger charge is 2.66. The van der Waals surface area contributed by atoms with E-state index in [9.17, 15) is 9.90 Å². The number of aliphatic hydroxyl groups excluding tert-OH is 1. The SMILES string of the molecule is CC1(CC=Cc2ccccc2)CC[C@]2(C)CCC3C(=CC(=O)[C@@H]4[C@@]5(C)CC[C@H](O)C(C)(C)[C@@H]5CC[C@@]34C)[C@@H]2C1. The minimum absolute atomic E-state index is 0.0150. The lowest BCUT2D eigenvalue weighted by Crippen LogP contribution is -2.63. The third kappa shape index (κ3) is 4.17. The number of ketones is 1. The van der Waals surface area contributed by atoms with Crippen molar-refractivity contribution in [2.24, 2.45) is 50.7 Å². The first-order valence-corrected chi connectivity index (χ1v) is 16.0. The summed E-state index contributed by atoms with van der Waals surface area (Å²) in [6, 6.07) is 10.7. The molecule has 9 atom stereocenters. The molecule has 4 saturated carbocycles. The second kappa shape index (κ2) is 9.17. The molecule has 0 amide bonds. The van der Waals surface area contributed by atoms with E-state index in [1.165, 1.54) is 43.2 Å². The van der Waals surface area contributed by atoms with Crippen LogP contribution in [-0.4, -0.2) is 17.0 Å². The van der Waals surface area contributed by atoms with Gasteiger partial charge in [0.1, 0.15) is 0 Å². The smallest absolute Gasteiger partial charge is 0.159 e. The number of aliphatic hydroxyl groups is 1. The van der Waals surface area contributed by atoms with Crippen molar-refractivity contribution in [2.75, 3.05) is 0 Å². The normalized spacial score (nSPS) is 47.0. The first-order valence-electron chi connectivity index (χ1n) is 16.0. The van der Waals surface area contributed by atoms with Crippen LogP contribution in [0.4, 0.5) is 0 Å². The Kier molecular flexibility index (Phi) is 6.46. The Balaban J connectivity index is 1.31. The van der Waals surface area contributed by atoms with Gasteiger partial charge in [-0.25, -0.2) is 0 Å². The fraction of sp³-hybridized carbons (Fsp3) is 0.703. The molecule has 1 N–H and O–H groups in total. The zero-order valence-corrected chi connectivity index (χ0v) is 25.4. The van der Waals surface area contributed by atoms with E-state index in [2.05, 4.69) is 90.1 Å². The molecule has 0 aromatic heterocycles. The van der Waals surface area contributed by atoms with Crippen molar-refractivity contribution < 1.29 is 9.90 Å². The van der Waals surface area contributed by atoms with Gasteiger partial charge in [0.15, 0.2) is 5.78 Å². The number of hydrogen-bond acceptors (Lipinski definition) is 2. The molecule has 2 heteroatoms. The summed E-state index contributed by atoms with van der Waals surface area (Å²) >= 11 is 0. The van der Waals surface area contributed by atoms with Crippen LogP contribution in [0.2, 0.25) is 0 Å². The van der Waals surface area contributed by atoms with Gasteiger partial charge < -0.3 is 5.11 Å². The summed E-state index contributed by atoms with van der Waals surface area (Å²) in [6.07, 6.45) is 18.1. The molecule has 5 aliphatic carbocycles. The van der Waals surface area contributed by atoms with Crippen molar-refractivity contribution >= 4 is 11.9 Å². The predicted octanol–water partition coefficient (Wildman–Crippen LogP) is 9.04. The molecule has 0 spiro atoms. The average molecular weight is 529 g/mol. The zero-order chi connectivity index (χ0) is 27.8. The summed E-state index contributed by atoms with van der Waals surface area (Å²) in [4.78, 5) is 14.4. The summed E-state index contributed by atoms with van der Waals surface area (Å²) in [5, 5.41) is 10.9. The molecule has 1 aromatic carbocycles. The van der Waals surface area contributed by atoms with Crippen LogP contribution in [0, 0.1) is 50.7 Å². The molecular weight excluding hydrogens is 476 g/mol. The molecule has 212 valence electrons. The number of carbonyl (C=O) groups is 1. The Morgan fingerprint density at radius 2 is 1.56 bits per heavy atom. The summed E-state index contributed by atoms with van der Waals surface area (Å²) in [5.74, 6) is 1.99. The van der Waals surface area contributed by atoms with E-state index in [4.69, 9.17) is 0 Å². The monoisotopic (exact) mass is 528 g/mol. The van der Waals surface area contributed by atoms with E-state index >= 15 is 0 Å². The molecule has 0 aliphatic heterocycles. The maximum absolute atomic E-state index is 14.4. The lowest BCUT2D eigenvalue weighted by atomic mass is 9.37. The number of fused-ring (bicyclic) bond motifs is 7. The predicted molar refractivity (Wildman–Crippen MR) is 161 cm³/mol. The second-order valence-electron chi connectivity index (χ2n) is 16.3. The third-order valence-corrected chi connectivity index (χ3v) is 13.6. The largest absolute Gasteiger partial charge is 0.393 e. The van der Waals surface area contributed by atoms with Crippen LogP contribution in [0.3, 0.4) is 0 Å². The highest BCUT2D eigenvalue weighted by Crippen LogP contribution is 2.71. The van der Waals surface area contributed by atoms with Gasteiger partial charge in [0.05, 0.1) is 6.10 Å². The molecule has 4 fully saturated rings. The van der Waals surface area contributed by atoms with E-state index < -0.39 is 0 Å². The molecular formula is C37H52O2. The molecule has 0 radical (unpaired) electrons. The summed E-state index contributed by atoms with van der Waals surface area (Å²) < 4.78 is 0.